The van der Waals surface area contributed by atoms with Crippen LogP contribution in [-0.2, 0) is 9.53 Å². The molecule has 1 aliphatic carbocycles. The summed E-state index contributed by atoms with van der Waals surface area (Å²) in [5.41, 5.74) is 0. The Bertz CT molecular complexity index is 107. The largest absolute Gasteiger partial charge is 0.370 e. The number of rotatable bonds is 0. The van der Waals surface area contributed by atoms with Crippen LogP contribution in [0.2, 0.25) is 0 Å². The normalized spacial score (nSPS) is 46.6. The molecular formula is C5H6O2. The predicted molar refractivity (Wildman–Crippen MR) is 22.9 cm³/mol. The molecule has 0 aromatic heterocycles. The summed E-state index contributed by atoms with van der Waals surface area (Å²) < 4.78 is 4.99. The molecule has 0 N–H and O–H groups in total. The molecule has 2 aliphatic rings. The van der Waals surface area contributed by atoms with Crippen molar-refractivity contribution in [3.63, 3.8) is 0 Å². The van der Waals surface area contributed by atoms with Crippen molar-refractivity contribution in [3.8, 4) is 0 Å². The third kappa shape index (κ3) is 0.304. The van der Waals surface area contributed by atoms with Crippen LogP contribution in [0, 0.1) is 5.92 Å². The van der Waals surface area contributed by atoms with E-state index < -0.39 is 0 Å². The van der Waals surface area contributed by atoms with Gasteiger partial charge >= 0.3 is 0 Å². The van der Waals surface area contributed by atoms with Crippen LogP contribution in [0.15, 0.2) is 0 Å². The fourth-order valence-corrected chi connectivity index (χ4v) is 1.08. The average Bonchev–Trinajstić information content (AvgIpc) is 2.26. The molecule has 2 unspecified atom stereocenters. The van der Waals surface area contributed by atoms with Crippen molar-refractivity contribution in [3.05, 3.63) is 0 Å². The van der Waals surface area contributed by atoms with Crippen LogP contribution in [-0.4, -0.2) is 18.5 Å². The van der Waals surface area contributed by atoms with E-state index in [-0.39, 0.29) is 6.10 Å². The lowest BCUT2D eigenvalue weighted by molar-refractivity contribution is -0.115. The SMILES string of the molecule is O=C1C2CCOC12. The Kier molecular flexibility index (Phi) is 0.460. The molecule has 2 nitrogen and oxygen atoms in total. The van der Waals surface area contributed by atoms with Crippen molar-refractivity contribution < 1.29 is 9.53 Å². The topological polar surface area (TPSA) is 26.3 Å². The molecule has 2 atom stereocenters. The molecule has 2 rings (SSSR count). The van der Waals surface area contributed by atoms with Crippen LogP contribution < -0.4 is 0 Å². The van der Waals surface area contributed by atoms with Gasteiger partial charge in [-0.15, -0.1) is 0 Å². The maximum Gasteiger partial charge on any atom is 0.168 e. The highest BCUT2D eigenvalue weighted by Gasteiger charge is 2.53. The minimum absolute atomic E-state index is 0.0417. The Morgan fingerprint density at radius 3 is 2.86 bits per heavy atom. The van der Waals surface area contributed by atoms with Crippen LogP contribution >= 0.6 is 0 Å². The summed E-state index contributed by atoms with van der Waals surface area (Å²) in [6, 6.07) is 0. The zero-order valence-corrected chi connectivity index (χ0v) is 3.89. The van der Waals surface area contributed by atoms with Crippen LogP contribution in [0.5, 0.6) is 0 Å². The molecule has 1 saturated heterocycles. The summed E-state index contributed by atoms with van der Waals surface area (Å²) >= 11 is 0. The van der Waals surface area contributed by atoms with Gasteiger partial charge in [-0.3, -0.25) is 4.79 Å². The van der Waals surface area contributed by atoms with Gasteiger partial charge in [-0.2, -0.15) is 0 Å². The first kappa shape index (κ1) is 3.61. The maximum atomic E-state index is 10.4. The van der Waals surface area contributed by atoms with Crippen LogP contribution in [0.25, 0.3) is 0 Å². The molecule has 0 amide bonds. The number of fused-ring (bicyclic) bond motifs is 1. The molecule has 0 bridgehead atoms. The number of hydrogen-bond acceptors (Lipinski definition) is 2. The van der Waals surface area contributed by atoms with E-state index in [4.69, 9.17) is 4.74 Å². The summed E-state index contributed by atoms with van der Waals surface area (Å²) in [5, 5.41) is 0. The van der Waals surface area contributed by atoms with E-state index in [9.17, 15) is 4.79 Å². The number of ketones is 1. The molecule has 0 spiro atoms. The number of carbonyl (C=O) groups excluding carboxylic acids is 1. The third-order valence-corrected chi connectivity index (χ3v) is 1.63. The van der Waals surface area contributed by atoms with E-state index in [1.165, 1.54) is 0 Å². The lowest BCUT2D eigenvalue weighted by Gasteiger charge is -1.85. The van der Waals surface area contributed by atoms with Crippen LogP contribution in [0.1, 0.15) is 6.42 Å². The van der Waals surface area contributed by atoms with Crippen molar-refractivity contribution >= 4 is 5.78 Å². The highest BCUT2D eigenvalue weighted by molar-refractivity contribution is 6.02. The monoisotopic (exact) mass is 98.0 g/mol. The van der Waals surface area contributed by atoms with Crippen molar-refractivity contribution in [2.45, 2.75) is 12.5 Å². The molecule has 0 aromatic rings. The van der Waals surface area contributed by atoms with E-state index in [1.807, 2.05) is 0 Å². The molecule has 2 heteroatoms. The Balaban J connectivity index is 2.19. The van der Waals surface area contributed by atoms with Crippen molar-refractivity contribution in [1.82, 2.24) is 0 Å². The zero-order valence-electron chi connectivity index (χ0n) is 3.89. The first-order valence-electron chi connectivity index (χ1n) is 2.55. The van der Waals surface area contributed by atoms with Crippen molar-refractivity contribution in [2.75, 3.05) is 6.61 Å². The molecule has 38 valence electrons. The second kappa shape index (κ2) is 0.892. The van der Waals surface area contributed by atoms with E-state index >= 15 is 0 Å². The van der Waals surface area contributed by atoms with Crippen molar-refractivity contribution in [2.24, 2.45) is 5.92 Å². The molecule has 7 heavy (non-hydrogen) atoms. The van der Waals surface area contributed by atoms with Gasteiger partial charge in [0.25, 0.3) is 0 Å². The molecule has 1 heterocycles. The standard InChI is InChI=1S/C5H6O2/c6-4-3-1-2-7-5(3)4/h3,5H,1-2H2. The third-order valence-electron chi connectivity index (χ3n) is 1.63. The minimum Gasteiger partial charge on any atom is -0.370 e. The lowest BCUT2D eigenvalue weighted by atomic mass is 10.3. The van der Waals surface area contributed by atoms with Gasteiger partial charge in [-0.25, -0.2) is 0 Å². The number of carbonyl (C=O) groups is 1. The minimum atomic E-state index is 0.0417. The Labute approximate surface area is 41.5 Å². The van der Waals surface area contributed by atoms with E-state index in [1.54, 1.807) is 0 Å². The second-order valence-corrected chi connectivity index (χ2v) is 2.09. The van der Waals surface area contributed by atoms with Crippen LogP contribution in [0.4, 0.5) is 0 Å². The summed E-state index contributed by atoms with van der Waals surface area (Å²) in [5.74, 6) is 0.645. The van der Waals surface area contributed by atoms with E-state index in [2.05, 4.69) is 0 Å². The quantitative estimate of drug-likeness (QED) is 0.425. The summed E-state index contributed by atoms with van der Waals surface area (Å²) in [4.78, 5) is 10.4. The summed E-state index contributed by atoms with van der Waals surface area (Å²) in [6.07, 6.45) is 1.02. The second-order valence-electron chi connectivity index (χ2n) is 2.09. The maximum absolute atomic E-state index is 10.4. The molecule has 0 aromatic carbocycles. The average molecular weight is 98.1 g/mol. The summed E-state index contributed by atoms with van der Waals surface area (Å²) in [7, 11) is 0. The van der Waals surface area contributed by atoms with Gasteiger partial charge in [-0.05, 0) is 6.42 Å². The molecule has 0 radical (unpaired) electrons. The van der Waals surface area contributed by atoms with Gasteiger partial charge < -0.3 is 4.74 Å². The molecule has 1 saturated carbocycles. The van der Waals surface area contributed by atoms with Gasteiger partial charge in [0.1, 0.15) is 6.10 Å². The molecular weight excluding hydrogens is 92.1 g/mol. The number of Topliss-reactive ketones (excluding diaryl/α,β-unsaturated/α-hetero) is 1. The van der Waals surface area contributed by atoms with Gasteiger partial charge in [0.05, 0.1) is 5.92 Å². The van der Waals surface area contributed by atoms with Gasteiger partial charge in [0.2, 0.25) is 0 Å². The smallest absolute Gasteiger partial charge is 0.168 e. The van der Waals surface area contributed by atoms with E-state index in [0.29, 0.717) is 11.7 Å². The highest BCUT2D eigenvalue weighted by Crippen LogP contribution is 2.37. The van der Waals surface area contributed by atoms with Gasteiger partial charge in [-0.1, -0.05) is 0 Å². The van der Waals surface area contributed by atoms with E-state index in [0.717, 1.165) is 13.0 Å². The highest BCUT2D eigenvalue weighted by atomic mass is 16.5. The Morgan fingerprint density at radius 1 is 1.71 bits per heavy atom. The Hall–Kier alpha value is -0.370. The molecule has 1 aliphatic heterocycles. The number of hydrogen-bond donors (Lipinski definition) is 0. The van der Waals surface area contributed by atoms with Gasteiger partial charge in [0.15, 0.2) is 5.78 Å². The summed E-state index contributed by atoms with van der Waals surface area (Å²) in [6.45, 7) is 0.807. The zero-order chi connectivity index (χ0) is 4.85. The van der Waals surface area contributed by atoms with Crippen molar-refractivity contribution in [1.29, 1.82) is 0 Å². The molecule has 2 fully saturated rings. The fraction of sp³-hybridized carbons (Fsp3) is 0.800. The number of ether oxygens (including phenoxy) is 1. The van der Waals surface area contributed by atoms with Crippen LogP contribution in [0.3, 0.4) is 0 Å². The Morgan fingerprint density at radius 2 is 2.57 bits per heavy atom. The lowest BCUT2D eigenvalue weighted by Crippen LogP contribution is -1.92. The fourth-order valence-electron chi connectivity index (χ4n) is 1.08. The van der Waals surface area contributed by atoms with Gasteiger partial charge in [0, 0.05) is 6.61 Å². The first-order chi connectivity index (χ1) is 3.39. The predicted octanol–water partition coefficient (Wildman–Crippen LogP) is -0.0258. The first-order valence-corrected chi connectivity index (χ1v) is 2.55.